The summed E-state index contributed by atoms with van der Waals surface area (Å²) in [7, 11) is -3.37. The molecule has 0 spiro atoms. The van der Waals surface area contributed by atoms with E-state index in [0.717, 1.165) is 25.8 Å². The third kappa shape index (κ3) is 3.59. The van der Waals surface area contributed by atoms with Crippen LogP contribution in [0.1, 0.15) is 33.1 Å². The average Bonchev–Trinajstić information content (AvgIpc) is 2.46. The molecule has 2 rings (SSSR count). The maximum Gasteiger partial charge on any atom is 0.243 e. The maximum atomic E-state index is 12.7. The molecule has 1 aliphatic heterocycles. The zero-order valence-electron chi connectivity index (χ0n) is 12.2. The largest absolute Gasteiger partial charge is 0.313 e. The van der Waals surface area contributed by atoms with Crippen LogP contribution in [0.15, 0.2) is 35.2 Å². The van der Waals surface area contributed by atoms with Crippen molar-refractivity contribution in [2.45, 2.75) is 50.1 Å². The van der Waals surface area contributed by atoms with Gasteiger partial charge in [0.05, 0.1) is 4.90 Å². The summed E-state index contributed by atoms with van der Waals surface area (Å²) in [5.41, 5.74) is 0. The zero-order valence-corrected chi connectivity index (χ0v) is 13.1. The molecular weight excluding hydrogens is 272 g/mol. The molecule has 1 N–H and O–H groups in total. The summed E-state index contributed by atoms with van der Waals surface area (Å²) in [5, 5.41) is 3.36. The summed E-state index contributed by atoms with van der Waals surface area (Å²) in [6.45, 7) is 5.52. The zero-order chi connectivity index (χ0) is 14.6. The Balaban J connectivity index is 2.19. The number of nitrogens with zero attached hydrogens (tertiary/aromatic N) is 1. The van der Waals surface area contributed by atoms with Crippen LogP contribution >= 0.6 is 0 Å². The second-order valence-electron chi connectivity index (χ2n) is 5.64. The first-order valence-electron chi connectivity index (χ1n) is 7.32. The van der Waals surface area contributed by atoms with Crippen LogP contribution in [0.4, 0.5) is 0 Å². The van der Waals surface area contributed by atoms with Crippen LogP contribution in [-0.2, 0) is 10.0 Å². The Morgan fingerprint density at radius 2 is 1.95 bits per heavy atom. The lowest BCUT2D eigenvalue weighted by Gasteiger charge is -2.35. The van der Waals surface area contributed by atoms with E-state index in [-0.39, 0.29) is 6.04 Å². The number of nitrogens with one attached hydrogen (secondary N) is 1. The number of benzene rings is 1. The van der Waals surface area contributed by atoms with Gasteiger partial charge in [-0.05, 0) is 25.0 Å². The van der Waals surface area contributed by atoms with E-state index in [1.165, 1.54) is 0 Å². The Morgan fingerprint density at radius 3 is 2.60 bits per heavy atom. The van der Waals surface area contributed by atoms with E-state index < -0.39 is 10.0 Å². The van der Waals surface area contributed by atoms with Crippen LogP contribution < -0.4 is 5.32 Å². The number of hydrogen-bond donors (Lipinski definition) is 1. The molecule has 5 heteroatoms. The number of sulfonamides is 1. The summed E-state index contributed by atoms with van der Waals surface area (Å²) in [6.07, 6.45) is 2.99. The predicted octanol–water partition coefficient (Wildman–Crippen LogP) is 2.23. The lowest BCUT2D eigenvalue weighted by molar-refractivity contribution is 0.242. The summed E-state index contributed by atoms with van der Waals surface area (Å²) in [6, 6.07) is 9.19. The molecule has 0 amide bonds. The molecule has 1 atom stereocenters. The molecule has 0 radical (unpaired) electrons. The van der Waals surface area contributed by atoms with E-state index in [2.05, 4.69) is 19.2 Å². The van der Waals surface area contributed by atoms with E-state index in [1.54, 1.807) is 28.6 Å². The van der Waals surface area contributed by atoms with Gasteiger partial charge >= 0.3 is 0 Å². The second-order valence-corrected chi connectivity index (χ2v) is 7.53. The summed E-state index contributed by atoms with van der Waals surface area (Å²) in [5.74, 6) is 0. The van der Waals surface area contributed by atoms with E-state index in [9.17, 15) is 8.42 Å². The van der Waals surface area contributed by atoms with Gasteiger partial charge in [-0.3, -0.25) is 0 Å². The highest BCUT2D eigenvalue weighted by Gasteiger charge is 2.33. The fourth-order valence-corrected chi connectivity index (χ4v) is 4.31. The average molecular weight is 296 g/mol. The van der Waals surface area contributed by atoms with E-state index in [0.29, 0.717) is 17.5 Å². The van der Waals surface area contributed by atoms with Crippen LogP contribution in [0.3, 0.4) is 0 Å². The molecule has 1 saturated heterocycles. The van der Waals surface area contributed by atoms with Crippen molar-refractivity contribution in [1.82, 2.24) is 9.62 Å². The first kappa shape index (κ1) is 15.5. The van der Waals surface area contributed by atoms with Gasteiger partial charge in [-0.15, -0.1) is 0 Å². The maximum absolute atomic E-state index is 12.7. The van der Waals surface area contributed by atoms with Gasteiger partial charge in [0.15, 0.2) is 0 Å². The first-order valence-corrected chi connectivity index (χ1v) is 8.76. The summed E-state index contributed by atoms with van der Waals surface area (Å²) < 4.78 is 27.2. The first-order chi connectivity index (χ1) is 9.51. The number of hydrogen-bond acceptors (Lipinski definition) is 3. The quantitative estimate of drug-likeness (QED) is 0.906. The highest BCUT2D eigenvalue weighted by atomic mass is 32.2. The van der Waals surface area contributed by atoms with Gasteiger partial charge in [0.2, 0.25) is 10.0 Å². The molecular formula is C15H24N2O2S. The molecule has 1 fully saturated rings. The Bertz CT molecular complexity index is 514. The fraction of sp³-hybridized carbons (Fsp3) is 0.600. The van der Waals surface area contributed by atoms with Crippen molar-refractivity contribution in [1.29, 1.82) is 0 Å². The van der Waals surface area contributed by atoms with Crippen molar-refractivity contribution in [3.8, 4) is 0 Å². The standard InChI is InChI=1S/C15H24N2O2S/c1-13(2)16-12-14-8-6-7-11-17(14)20(18,19)15-9-4-3-5-10-15/h3-5,9-10,13-14,16H,6-8,11-12H2,1-2H3. The van der Waals surface area contributed by atoms with Crippen molar-refractivity contribution in [3.63, 3.8) is 0 Å². The summed E-state index contributed by atoms with van der Waals surface area (Å²) >= 11 is 0. The van der Waals surface area contributed by atoms with Crippen molar-refractivity contribution in [2.24, 2.45) is 0 Å². The van der Waals surface area contributed by atoms with Gasteiger partial charge in [0.1, 0.15) is 0 Å². The van der Waals surface area contributed by atoms with Crippen molar-refractivity contribution >= 4 is 10.0 Å². The number of rotatable bonds is 5. The fourth-order valence-electron chi connectivity index (χ4n) is 2.59. The van der Waals surface area contributed by atoms with Crippen LogP contribution in [-0.4, -0.2) is 37.9 Å². The van der Waals surface area contributed by atoms with E-state index in [1.807, 2.05) is 6.07 Å². The molecule has 1 unspecified atom stereocenters. The molecule has 1 heterocycles. The molecule has 112 valence electrons. The van der Waals surface area contributed by atoms with E-state index in [4.69, 9.17) is 0 Å². The molecule has 0 aliphatic carbocycles. The lowest BCUT2D eigenvalue weighted by Crippen LogP contribution is -2.49. The Morgan fingerprint density at radius 1 is 1.25 bits per heavy atom. The number of piperidine rings is 1. The Hall–Kier alpha value is -0.910. The molecule has 1 aromatic rings. The molecule has 0 bridgehead atoms. The lowest BCUT2D eigenvalue weighted by atomic mass is 10.0. The van der Waals surface area contributed by atoms with Crippen LogP contribution in [0.25, 0.3) is 0 Å². The summed E-state index contributed by atoms with van der Waals surface area (Å²) in [4.78, 5) is 0.399. The molecule has 0 saturated carbocycles. The van der Waals surface area contributed by atoms with Crippen LogP contribution in [0, 0.1) is 0 Å². The topological polar surface area (TPSA) is 49.4 Å². The minimum atomic E-state index is -3.37. The van der Waals surface area contributed by atoms with Crippen LogP contribution in [0.5, 0.6) is 0 Å². The minimum absolute atomic E-state index is 0.0661. The van der Waals surface area contributed by atoms with Gasteiger partial charge in [-0.2, -0.15) is 4.31 Å². The van der Waals surface area contributed by atoms with Gasteiger partial charge in [0.25, 0.3) is 0 Å². The third-order valence-corrected chi connectivity index (χ3v) is 5.65. The molecule has 4 nitrogen and oxygen atoms in total. The Labute approximate surface area is 122 Å². The third-order valence-electron chi connectivity index (χ3n) is 3.68. The van der Waals surface area contributed by atoms with Crippen molar-refractivity contribution in [2.75, 3.05) is 13.1 Å². The molecule has 0 aromatic heterocycles. The normalized spacial score (nSPS) is 21.2. The monoisotopic (exact) mass is 296 g/mol. The van der Waals surface area contributed by atoms with Crippen molar-refractivity contribution < 1.29 is 8.42 Å². The second kappa shape index (κ2) is 6.70. The minimum Gasteiger partial charge on any atom is -0.313 e. The smallest absolute Gasteiger partial charge is 0.243 e. The van der Waals surface area contributed by atoms with Crippen LogP contribution in [0.2, 0.25) is 0 Å². The van der Waals surface area contributed by atoms with Gasteiger partial charge in [0, 0.05) is 25.2 Å². The van der Waals surface area contributed by atoms with Crippen molar-refractivity contribution in [3.05, 3.63) is 30.3 Å². The van der Waals surface area contributed by atoms with Gasteiger partial charge < -0.3 is 5.32 Å². The van der Waals surface area contributed by atoms with Gasteiger partial charge in [-0.1, -0.05) is 38.5 Å². The van der Waals surface area contributed by atoms with Gasteiger partial charge in [-0.25, -0.2) is 8.42 Å². The molecule has 1 aliphatic rings. The highest BCUT2D eigenvalue weighted by molar-refractivity contribution is 7.89. The molecule has 20 heavy (non-hydrogen) atoms. The van der Waals surface area contributed by atoms with E-state index >= 15 is 0 Å². The molecule has 1 aromatic carbocycles. The SMILES string of the molecule is CC(C)NCC1CCCCN1S(=O)(=O)c1ccccc1. The predicted molar refractivity (Wildman–Crippen MR) is 81.1 cm³/mol. The highest BCUT2D eigenvalue weighted by Crippen LogP contribution is 2.24. The Kier molecular flexibility index (Phi) is 5.18.